The molecule has 178 valence electrons. The Hall–Kier alpha value is -3.50. The average Bonchev–Trinajstić information content (AvgIpc) is 3.44. The standard InChI is InChI=1S/C23H24F3N7O/c1-13-3-5-19(33-29-9-14(2)31-33)21(30-13)22(34)32-12-16-7-15(16)8-18(32)11-28-20-6-4-17(10-27-20)23(24,25)26/h3-6,9-10,15-16,18H,7-8,11-12H2,1-2H3,(H,27,28)/t15-,16+,18?/m1/s1. The quantitative estimate of drug-likeness (QED) is 0.611. The smallest absolute Gasteiger partial charge is 0.368 e. The summed E-state index contributed by atoms with van der Waals surface area (Å²) < 4.78 is 38.4. The molecule has 0 bridgehead atoms. The summed E-state index contributed by atoms with van der Waals surface area (Å²) in [5, 5.41) is 11.7. The molecule has 8 nitrogen and oxygen atoms in total. The minimum atomic E-state index is -4.43. The van der Waals surface area contributed by atoms with Crippen LogP contribution in [0.25, 0.3) is 5.69 Å². The van der Waals surface area contributed by atoms with Gasteiger partial charge in [-0.3, -0.25) is 4.79 Å². The second kappa shape index (κ2) is 8.37. The normalized spacial score (nSPS) is 21.8. The Morgan fingerprint density at radius 1 is 1.09 bits per heavy atom. The third-order valence-electron chi connectivity index (χ3n) is 6.42. The Bertz CT molecular complexity index is 1210. The van der Waals surface area contributed by atoms with Crippen molar-refractivity contribution in [1.29, 1.82) is 0 Å². The molecule has 1 unspecified atom stereocenters. The molecule has 1 aliphatic heterocycles. The van der Waals surface area contributed by atoms with E-state index in [1.807, 2.05) is 24.8 Å². The molecule has 2 fully saturated rings. The maximum atomic E-state index is 13.7. The highest BCUT2D eigenvalue weighted by Gasteiger charge is 2.47. The third kappa shape index (κ3) is 4.46. The highest BCUT2D eigenvalue weighted by molar-refractivity contribution is 5.96. The number of fused-ring (bicyclic) bond motifs is 1. The fraction of sp³-hybridized carbons (Fsp3) is 0.435. The number of hydrogen-bond donors (Lipinski definition) is 1. The molecule has 0 spiro atoms. The van der Waals surface area contributed by atoms with Crippen molar-refractivity contribution in [3.8, 4) is 5.69 Å². The van der Waals surface area contributed by atoms with E-state index in [2.05, 4.69) is 25.5 Å². The van der Waals surface area contributed by atoms with Crippen molar-refractivity contribution in [3.63, 3.8) is 0 Å². The molecular formula is C23H24F3N7O. The molecule has 3 atom stereocenters. The van der Waals surface area contributed by atoms with Gasteiger partial charge in [0.15, 0.2) is 5.69 Å². The van der Waals surface area contributed by atoms with Crippen LogP contribution in [0, 0.1) is 25.7 Å². The van der Waals surface area contributed by atoms with Gasteiger partial charge in [0.25, 0.3) is 5.91 Å². The zero-order chi connectivity index (χ0) is 24.0. The molecule has 1 saturated carbocycles. The number of aryl methyl sites for hydroxylation is 2. The van der Waals surface area contributed by atoms with E-state index in [0.717, 1.165) is 30.8 Å². The molecule has 11 heteroatoms. The Balaban J connectivity index is 1.37. The number of carbonyl (C=O) groups is 1. The van der Waals surface area contributed by atoms with Crippen molar-refractivity contribution in [2.75, 3.05) is 18.4 Å². The molecule has 3 aromatic heterocycles. The minimum Gasteiger partial charge on any atom is -0.368 e. The first-order chi connectivity index (χ1) is 16.2. The molecule has 0 aromatic carbocycles. The zero-order valence-corrected chi connectivity index (χ0v) is 18.8. The van der Waals surface area contributed by atoms with Crippen LogP contribution < -0.4 is 5.32 Å². The number of halogens is 3. The van der Waals surface area contributed by atoms with Gasteiger partial charge in [-0.1, -0.05) is 0 Å². The fourth-order valence-electron chi connectivity index (χ4n) is 4.49. The van der Waals surface area contributed by atoms with Gasteiger partial charge < -0.3 is 10.2 Å². The maximum absolute atomic E-state index is 13.7. The van der Waals surface area contributed by atoms with Gasteiger partial charge in [0.1, 0.15) is 11.5 Å². The van der Waals surface area contributed by atoms with Crippen LogP contribution in [0.5, 0.6) is 0 Å². The Morgan fingerprint density at radius 3 is 2.59 bits per heavy atom. The predicted molar refractivity (Wildman–Crippen MR) is 117 cm³/mol. The minimum absolute atomic E-state index is 0.136. The number of likely N-dealkylation sites (tertiary alicyclic amines) is 1. The second-order valence-corrected chi connectivity index (χ2v) is 9.01. The highest BCUT2D eigenvalue weighted by atomic mass is 19.4. The lowest BCUT2D eigenvalue weighted by Gasteiger charge is -2.35. The molecule has 4 heterocycles. The van der Waals surface area contributed by atoms with Crippen LogP contribution in [0.3, 0.4) is 0 Å². The number of rotatable bonds is 5. The molecular weight excluding hydrogens is 447 g/mol. The van der Waals surface area contributed by atoms with Gasteiger partial charge in [0.2, 0.25) is 0 Å². The van der Waals surface area contributed by atoms with E-state index in [1.165, 1.54) is 10.9 Å². The van der Waals surface area contributed by atoms with Crippen molar-refractivity contribution in [1.82, 2.24) is 29.9 Å². The molecule has 1 amide bonds. The number of hydrogen-bond acceptors (Lipinski definition) is 6. The number of piperidine rings is 1. The number of alkyl halides is 3. The largest absolute Gasteiger partial charge is 0.417 e. The molecule has 1 saturated heterocycles. The van der Waals surface area contributed by atoms with E-state index >= 15 is 0 Å². The molecule has 5 rings (SSSR count). The molecule has 3 aromatic rings. The van der Waals surface area contributed by atoms with Crippen molar-refractivity contribution in [3.05, 3.63) is 59.3 Å². The van der Waals surface area contributed by atoms with Crippen molar-refractivity contribution < 1.29 is 18.0 Å². The van der Waals surface area contributed by atoms with E-state index in [4.69, 9.17) is 0 Å². The second-order valence-electron chi connectivity index (χ2n) is 9.01. The lowest BCUT2D eigenvalue weighted by Crippen LogP contribution is -2.48. The Morgan fingerprint density at radius 2 is 1.91 bits per heavy atom. The van der Waals surface area contributed by atoms with Gasteiger partial charge in [0.05, 0.1) is 17.5 Å². The number of nitrogens with one attached hydrogen (secondary N) is 1. The molecule has 1 aliphatic carbocycles. The van der Waals surface area contributed by atoms with E-state index in [9.17, 15) is 18.0 Å². The van der Waals surface area contributed by atoms with Crippen LogP contribution in [-0.2, 0) is 6.18 Å². The first-order valence-electron chi connectivity index (χ1n) is 11.1. The summed E-state index contributed by atoms with van der Waals surface area (Å²) in [4.78, 5) is 25.4. The summed E-state index contributed by atoms with van der Waals surface area (Å²) in [5.74, 6) is 1.18. The van der Waals surface area contributed by atoms with Crippen LogP contribution in [0.4, 0.5) is 19.0 Å². The molecule has 34 heavy (non-hydrogen) atoms. The Labute approximate surface area is 194 Å². The first-order valence-corrected chi connectivity index (χ1v) is 11.1. The summed E-state index contributed by atoms with van der Waals surface area (Å²) in [6.07, 6.45) is -0.102. The molecule has 2 aliphatic rings. The predicted octanol–water partition coefficient (Wildman–Crippen LogP) is 3.66. The fourth-order valence-corrected chi connectivity index (χ4v) is 4.49. The van der Waals surface area contributed by atoms with E-state index in [-0.39, 0.29) is 17.6 Å². The van der Waals surface area contributed by atoms with E-state index in [1.54, 1.807) is 12.3 Å². The van der Waals surface area contributed by atoms with Gasteiger partial charge in [-0.25, -0.2) is 9.97 Å². The average molecular weight is 471 g/mol. The lowest BCUT2D eigenvalue weighted by atomic mass is 10.0. The van der Waals surface area contributed by atoms with E-state index in [0.29, 0.717) is 42.1 Å². The molecule has 1 N–H and O–H groups in total. The zero-order valence-electron chi connectivity index (χ0n) is 18.8. The monoisotopic (exact) mass is 471 g/mol. The summed E-state index contributed by atoms with van der Waals surface area (Å²) >= 11 is 0. The third-order valence-corrected chi connectivity index (χ3v) is 6.42. The summed E-state index contributed by atoms with van der Waals surface area (Å²) in [7, 11) is 0. The molecule has 0 radical (unpaired) electrons. The van der Waals surface area contributed by atoms with Crippen LogP contribution in [0.15, 0.2) is 36.7 Å². The summed E-state index contributed by atoms with van der Waals surface area (Å²) in [5.41, 5.74) is 1.43. The maximum Gasteiger partial charge on any atom is 0.417 e. The number of carbonyl (C=O) groups excluding carboxylic acids is 1. The SMILES string of the molecule is Cc1ccc(-n2ncc(C)n2)c(C(=O)N2C[C@@H]3C[C@@H]3CC2CNc2ccc(C(F)(F)F)cn2)n1. The number of anilines is 1. The van der Waals surface area contributed by atoms with Crippen LogP contribution in [0.1, 0.15) is 40.3 Å². The van der Waals surface area contributed by atoms with Crippen LogP contribution in [0.2, 0.25) is 0 Å². The summed E-state index contributed by atoms with van der Waals surface area (Å²) in [6, 6.07) is 5.77. The summed E-state index contributed by atoms with van der Waals surface area (Å²) in [6.45, 7) is 4.65. The van der Waals surface area contributed by atoms with Crippen molar-refractivity contribution in [2.45, 2.75) is 38.9 Å². The van der Waals surface area contributed by atoms with E-state index < -0.39 is 11.7 Å². The van der Waals surface area contributed by atoms with Gasteiger partial charge in [-0.05, 0) is 62.8 Å². The first kappa shape index (κ1) is 22.3. The lowest BCUT2D eigenvalue weighted by molar-refractivity contribution is -0.137. The Kier molecular flexibility index (Phi) is 5.49. The topological polar surface area (TPSA) is 88.8 Å². The van der Waals surface area contributed by atoms with Crippen LogP contribution >= 0.6 is 0 Å². The van der Waals surface area contributed by atoms with Gasteiger partial charge in [-0.2, -0.15) is 23.4 Å². The van der Waals surface area contributed by atoms with Crippen molar-refractivity contribution in [2.24, 2.45) is 11.8 Å². The highest BCUT2D eigenvalue weighted by Crippen LogP contribution is 2.47. The van der Waals surface area contributed by atoms with Gasteiger partial charge in [-0.15, -0.1) is 4.80 Å². The van der Waals surface area contributed by atoms with Crippen LogP contribution in [-0.4, -0.2) is 54.9 Å². The number of nitrogens with zero attached hydrogens (tertiary/aromatic N) is 6. The number of amides is 1. The number of aromatic nitrogens is 5. The van der Waals surface area contributed by atoms with Crippen molar-refractivity contribution >= 4 is 11.7 Å². The van der Waals surface area contributed by atoms with Gasteiger partial charge >= 0.3 is 6.18 Å². The number of pyridine rings is 2. The van der Waals surface area contributed by atoms with Gasteiger partial charge in [0, 0.05) is 31.0 Å².